The number of nitrogens with zero attached hydrogens (tertiary/aromatic N) is 1. The average molecular weight is 423 g/mol. The number of aromatic amines is 1. The summed E-state index contributed by atoms with van der Waals surface area (Å²) in [5, 5.41) is 0. The van der Waals surface area contributed by atoms with Crippen molar-refractivity contribution in [2.75, 3.05) is 5.75 Å². The Morgan fingerprint density at radius 1 is 1.37 bits per heavy atom. The molecule has 0 aliphatic heterocycles. The molecule has 3 nitrogen and oxygen atoms in total. The molecule has 2 heterocycles. The van der Waals surface area contributed by atoms with Crippen LogP contribution in [0, 0.1) is 5.41 Å². The molecular weight excluding hydrogens is 388 g/mol. The minimum atomic E-state index is -0.0155. The van der Waals surface area contributed by atoms with Gasteiger partial charge in [-0.15, -0.1) is 0 Å². The van der Waals surface area contributed by atoms with Crippen molar-refractivity contribution in [1.82, 2.24) is 9.97 Å². The van der Waals surface area contributed by atoms with Crippen LogP contribution in [0.5, 0.6) is 0 Å². The Bertz CT molecular complexity index is 1060. The molecule has 0 aromatic carbocycles. The number of rotatable bonds is 6. The summed E-state index contributed by atoms with van der Waals surface area (Å²) in [4.78, 5) is 21.5. The fourth-order valence-corrected chi connectivity index (χ4v) is 5.90. The topological polar surface area (TPSA) is 45.8 Å². The molecule has 1 atom stereocenters. The molecule has 0 saturated heterocycles. The molecule has 0 radical (unpaired) electrons. The van der Waals surface area contributed by atoms with Gasteiger partial charge in [0.05, 0.1) is 11.4 Å². The molecule has 4 heteroatoms. The maximum atomic E-state index is 13.1. The number of nitrogens with one attached hydrogen (secondary N) is 1. The molecule has 30 heavy (non-hydrogen) atoms. The van der Waals surface area contributed by atoms with E-state index in [2.05, 4.69) is 51.0 Å². The van der Waals surface area contributed by atoms with Gasteiger partial charge in [-0.1, -0.05) is 33.4 Å². The van der Waals surface area contributed by atoms with Crippen molar-refractivity contribution in [3.8, 4) is 11.4 Å². The molecule has 0 saturated carbocycles. The van der Waals surface area contributed by atoms with Crippen LogP contribution in [-0.4, -0.2) is 15.7 Å². The number of pyridine rings is 2. The van der Waals surface area contributed by atoms with Gasteiger partial charge in [0.2, 0.25) is 0 Å². The first kappa shape index (κ1) is 21.4. The second-order valence-corrected chi connectivity index (χ2v) is 10.2. The van der Waals surface area contributed by atoms with E-state index in [9.17, 15) is 4.79 Å². The Kier molecular flexibility index (Phi) is 5.73. The van der Waals surface area contributed by atoms with E-state index in [1.807, 2.05) is 6.92 Å². The van der Waals surface area contributed by atoms with Gasteiger partial charge in [-0.25, -0.2) is 0 Å². The van der Waals surface area contributed by atoms with Crippen LogP contribution in [-0.2, 0) is 25.7 Å². The van der Waals surface area contributed by atoms with E-state index in [0.29, 0.717) is 5.92 Å². The monoisotopic (exact) mass is 422 g/mol. The molecule has 0 spiro atoms. The van der Waals surface area contributed by atoms with Gasteiger partial charge in [0, 0.05) is 11.3 Å². The van der Waals surface area contributed by atoms with Gasteiger partial charge in [-0.2, -0.15) is 12.6 Å². The normalized spacial score (nSPS) is 18.6. The largest absolute Gasteiger partial charge is 0.320 e. The number of allylic oxidation sites excluding steroid dienone is 1. The minimum Gasteiger partial charge on any atom is -0.320 e. The first-order valence-electron chi connectivity index (χ1n) is 11.4. The van der Waals surface area contributed by atoms with Crippen LogP contribution in [0.15, 0.2) is 17.4 Å². The van der Waals surface area contributed by atoms with Crippen molar-refractivity contribution in [1.29, 1.82) is 0 Å². The first-order valence-corrected chi connectivity index (χ1v) is 12.0. The lowest BCUT2D eigenvalue weighted by molar-refractivity contribution is 0.300. The molecular formula is C26H34N2OS. The molecule has 160 valence electrons. The van der Waals surface area contributed by atoms with E-state index in [0.717, 1.165) is 73.2 Å². The van der Waals surface area contributed by atoms with Crippen LogP contribution in [0.4, 0.5) is 0 Å². The first-order chi connectivity index (χ1) is 14.3. The summed E-state index contributed by atoms with van der Waals surface area (Å²) in [5.41, 5.74) is 10.1. The summed E-state index contributed by atoms with van der Waals surface area (Å²) in [6.45, 7) is 12.9. The highest BCUT2D eigenvalue weighted by molar-refractivity contribution is 7.80. The molecule has 2 aliphatic rings. The zero-order valence-corrected chi connectivity index (χ0v) is 19.7. The number of hydrogen-bond acceptors (Lipinski definition) is 3. The van der Waals surface area contributed by atoms with Gasteiger partial charge < -0.3 is 4.98 Å². The highest BCUT2D eigenvalue weighted by Crippen LogP contribution is 2.54. The predicted octanol–water partition coefficient (Wildman–Crippen LogP) is 5.90. The van der Waals surface area contributed by atoms with Crippen LogP contribution >= 0.6 is 12.6 Å². The van der Waals surface area contributed by atoms with Gasteiger partial charge in [-0.05, 0) is 96.8 Å². The lowest BCUT2D eigenvalue weighted by Gasteiger charge is -2.27. The molecule has 0 amide bonds. The standard InChI is InChI=1S/C26H34N2OS/c1-6-20-16(9-7-8-12-30)13-17-10-11-19-22-18(14-26(19,4)5)21(15(2)3)25(29)28-24(22)23(17)27-20/h13,19,30H,2,6-12,14H2,1,3-5H3,(H,28,29). The van der Waals surface area contributed by atoms with Crippen LogP contribution < -0.4 is 5.56 Å². The smallest absolute Gasteiger partial charge is 0.256 e. The summed E-state index contributed by atoms with van der Waals surface area (Å²) in [6.07, 6.45) is 7.29. The van der Waals surface area contributed by atoms with Gasteiger partial charge in [0.1, 0.15) is 0 Å². The Labute approximate surface area is 185 Å². The van der Waals surface area contributed by atoms with Gasteiger partial charge in [-0.3, -0.25) is 9.78 Å². The van der Waals surface area contributed by atoms with Crippen LogP contribution in [0.25, 0.3) is 17.0 Å². The third kappa shape index (κ3) is 3.47. The summed E-state index contributed by atoms with van der Waals surface area (Å²) >= 11 is 4.36. The number of H-pyrrole nitrogens is 1. The molecule has 0 bridgehead atoms. The molecule has 2 aromatic rings. The Morgan fingerprint density at radius 3 is 2.80 bits per heavy atom. The summed E-state index contributed by atoms with van der Waals surface area (Å²) < 4.78 is 0. The van der Waals surface area contributed by atoms with E-state index in [4.69, 9.17) is 4.98 Å². The van der Waals surface area contributed by atoms with E-state index < -0.39 is 0 Å². The van der Waals surface area contributed by atoms with Gasteiger partial charge in [0.25, 0.3) is 5.56 Å². The van der Waals surface area contributed by atoms with Crippen molar-refractivity contribution in [3.05, 3.63) is 56.5 Å². The average Bonchev–Trinajstić information content (AvgIpc) is 2.84. The molecule has 1 N–H and O–H groups in total. The van der Waals surface area contributed by atoms with Gasteiger partial charge in [0.15, 0.2) is 0 Å². The highest BCUT2D eigenvalue weighted by atomic mass is 32.1. The van der Waals surface area contributed by atoms with Crippen molar-refractivity contribution in [3.63, 3.8) is 0 Å². The predicted molar refractivity (Wildman–Crippen MR) is 130 cm³/mol. The SMILES string of the molecule is C=C(C)c1c2c3c([nH]c1=O)-c1nc(CC)c(CCCCS)cc1CCC3C(C)(C)C2. The molecule has 0 fully saturated rings. The fraction of sp³-hybridized carbons (Fsp3) is 0.538. The Morgan fingerprint density at radius 2 is 2.13 bits per heavy atom. The number of aryl methyl sites for hydroxylation is 3. The third-order valence-electron chi connectivity index (χ3n) is 7.11. The van der Waals surface area contributed by atoms with Crippen molar-refractivity contribution in [2.45, 2.75) is 78.6 Å². The molecule has 4 rings (SSSR count). The summed E-state index contributed by atoms with van der Waals surface area (Å²) in [5.74, 6) is 1.36. The summed E-state index contributed by atoms with van der Waals surface area (Å²) in [6, 6.07) is 2.38. The van der Waals surface area contributed by atoms with E-state index in [-0.39, 0.29) is 11.0 Å². The highest BCUT2D eigenvalue weighted by Gasteiger charge is 2.44. The number of thiol groups is 1. The number of hydrogen-bond donors (Lipinski definition) is 2. The lowest BCUT2D eigenvalue weighted by Crippen LogP contribution is -2.18. The van der Waals surface area contributed by atoms with Crippen molar-refractivity contribution in [2.24, 2.45) is 5.41 Å². The Balaban J connectivity index is 1.94. The maximum Gasteiger partial charge on any atom is 0.256 e. The second kappa shape index (κ2) is 8.03. The zero-order valence-electron chi connectivity index (χ0n) is 18.8. The third-order valence-corrected chi connectivity index (χ3v) is 7.43. The molecule has 2 aliphatic carbocycles. The van der Waals surface area contributed by atoms with E-state index >= 15 is 0 Å². The Hall–Kier alpha value is -1.81. The number of unbranched alkanes of at least 4 members (excludes halogenated alkanes) is 1. The zero-order chi connectivity index (χ0) is 21.6. The lowest BCUT2D eigenvalue weighted by atomic mass is 9.77. The second-order valence-electron chi connectivity index (χ2n) is 9.77. The van der Waals surface area contributed by atoms with Crippen LogP contribution in [0.1, 0.15) is 86.4 Å². The quantitative estimate of drug-likeness (QED) is 0.450. The van der Waals surface area contributed by atoms with Crippen LogP contribution in [0.2, 0.25) is 0 Å². The molecule has 2 aromatic heterocycles. The van der Waals surface area contributed by atoms with Crippen LogP contribution in [0.3, 0.4) is 0 Å². The fourth-order valence-electron chi connectivity index (χ4n) is 5.67. The summed E-state index contributed by atoms with van der Waals surface area (Å²) in [7, 11) is 0. The van der Waals surface area contributed by atoms with Crippen molar-refractivity contribution >= 4 is 18.2 Å². The number of aromatic nitrogens is 2. The van der Waals surface area contributed by atoms with E-state index in [1.165, 1.54) is 27.9 Å². The maximum absolute atomic E-state index is 13.1. The number of fused-ring (bicyclic) bond motifs is 2. The van der Waals surface area contributed by atoms with Crippen molar-refractivity contribution < 1.29 is 0 Å². The molecule has 1 unspecified atom stereocenters. The van der Waals surface area contributed by atoms with Gasteiger partial charge >= 0.3 is 0 Å². The van der Waals surface area contributed by atoms with E-state index in [1.54, 1.807) is 0 Å². The minimum absolute atomic E-state index is 0.0155.